The Kier molecular flexibility index (Phi) is 3.07. The highest BCUT2D eigenvalue weighted by molar-refractivity contribution is 9.10. The van der Waals surface area contributed by atoms with Crippen molar-refractivity contribution in [2.45, 2.75) is 13.8 Å². The molecule has 0 aliphatic rings. The van der Waals surface area contributed by atoms with Crippen LogP contribution in [0.15, 0.2) is 28.2 Å². The van der Waals surface area contributed by atoms with Gasteiger partial charge in [0.1, 0.15) is 4.60 Å². The first-order chi connectivity index (χ1) is 7.15. The van der Waals surface area contributed by atoms with Crippen molar-refractivity contribution in [1.29, 1.82) is 0 Å². The molecule has 0 spiro atoms. The third-order valence-electron chi connectivity index (χ3n) is 2.11. The molecule has 78 valence electrons. The van der Waals surface area contributed by atoms with Gasteiger partial charge in [-0.25, -0.2) is 4.98 Å². The molecule has 1 heterocycles. The van der Waals surface area contributed by atoms with E-state index in [0.29, 0.717) is 0 Å². The average molecular weight is 283 g/mol. The Morgan fingerprint density at radius 3 is 2.80 bits per heavy atom. The van der Waals surface area contributed by atoms with Crippen LogP contribution in [0.3, 0.4) is 0 Å². The quantitative estimate of drug-likeness (QED) is 0.890. The fourth-order valence-electron chi connectivity index (χ4n) is 1.30. The third-order valence-corrected chi connectivity index (χ3v) is 3.58. The van der Waals surface area contributed by atoms with Gasteiger partial charge >= 0.3 is 0 Å². The molecule has 0 bridgehead atoms. The number of nitrogens with zero attached hydrogens (tertiary/aromatic N) is 1. The second-order valence-electron chi connectivity index (χ2n) is 3.42. The summed E-state index contributed by atoms with van der Waals surface area (Å²) in [5, 5.41) is 6.19. The van der Waals surface area contributed by atoms with E-state index in [4.69, 9.17) is 0 Å². The van der Waals surface area contributed by atoms with Gasteiger partial charge in [0, 0.05) is 11.1 Å². The number of hydrogen-bond acceptors (Lipinski definition) is 3. The van der Waals surface area contributed by atoms with E-state index in [1.807, 2.05) is 5.38 Å². The molecule has 15 heavy (non-hydrogen) atoms. The van der Waals surface area contributed by atoms with Crippen molar-refractivity contribution in [1.82, 2.24) is 4.98 Å². The van der Waals surface area contributed by atoms with Crippen molar-refractivity contribution in [2.24, 2.45) is 0 Å². The number of anilines is 2. The molecule has 0 radical (unpaired) electrons. The van der Waals surface area contributed by atoms with E-state index < -0.39 is 0 Å². The Balaban J connectivity index is 2.27. The first-order valence-electron chi connectivity index (χ1n) is 4.60. The number of rotatable bonds is 2. The Labute approximate surface area is 101 Å². The van der Waals surface area contributed by atoms with E-state index in [0.717, 1.165) is 15.4 Å². The van der Waals surface area contributed by atoms with Crippen molar-refractivity contribution in [3.8, 4) is 0 Å². The molecule has 1 N–H and O–H groups in total. The number of aryl methyl sites for hydroxylation is 2. The molecule has 0 amide bonds. The summed E-state index contributed by atoms with van der Waals surface area (Å²) >= 11 is 4.93. The summed E-state index contributed by atoms with van der Waals surface area (Å²) in [6, 6.07) is 6.35. The monoisotopic (exact) mass is 282 g/mol. The van der Waals surface area contributed by atoms with Crippen molar-refractivity contribution >= 4 is 38.1 Å². The summed E-state index contributed by atoms with van der Waals surface area (Å²) in [5.41, 5.74) is 3.60. The van der Waals surface area contributed by atoms with Crippen molar-refractivity contribution in [2.75, 3.05) is 5.32 Å². The van der Waals surface area contributed by atoms with Crippen LogP contribution in [0.25, 0.3) is 0 Å². The van der Waals surface area contributed by atoms with Gasteiger partial charge in [-0.1, -0.05) is 12.1 Å². The lowest BCUT2D eigenvalue weighted by Crippen LogP contribution is -1.92. The second-order valence-corrected chi connectivity index (χ2v) is 5.09. The smallest absolute Gasteiger partial charge is 0.188 e. The first-order valence-corrected chi connectivity index (χ1v) is 6.28. The van der Waals surface area contributed by atoms with E-state index in [2.05, 4.69) is 58.3 Å². The first kappa shape index (κ1) is 10.6. The third kappa shape index (κ3) is 2.58. The minimum atomic E-state index is 0.875. The van der Waals surface area contributed by atoms with E-state index in [9.17, 15) is 0 Å². The lowest BCUT2D eigenvalue weighted by atomic mass is 10.1. The van der Waals surface area contributed by atoms with Crippen LogP contribution in [0.4, 0.5) is 10.8 Å². The average Bonchev–Trinajstić information content (AvgIpc) is 2.58. The van der Waals surface area contributed by atoms with E-state index in [-0.39, 0.29) is 0 Å². The van der Waals surface area contributed by atoms with E-state index >= 15 is 0 Å². The molecule has 0 aliphatic heterocycles. The van der Waals surface area contributed by atoms with Gasteiger partial charge in [-0.15, -0.1) is 11.3 Å². The summed E-state index contributed by atoms with van der Waals surface area (Å²) in [6.45, 7) is 4.17. The zero-order valence-electron chi connectivity index (χ0n) is 8.54. The summed E-state index contributed by atoms with van der Waals surface area (Å²) in [6.07, 6.45) is 0. The summed E-state index contributed by atoms with van der Waals surface area (Å²) in [7, 11) is 0. The maximum Gasteiger partial charge on any atom is 0.188 e. The lowest BCUT2D eigenvalue weighted by molar-refractivity contribution is 1.32. The van der Waals surface area contributed by atoms with Gasteiger partial charge in [-0.3, -0.25) is 0 Å². The van der Waals surface area contributed by atoms with Crippen molar-refractivity contribution in [3.63, 3.8) is 0 Å². The maximum atomic E-state index is 4.30. The number of thiazole rings is 1. The molecule has 0 unspecified atom stereocenters. The minimum Gasteiger partial charge on any atom is -0.331 e. The van der Waals surface area contributed by atoms with Crippen LogP contribution in [-0.4, -0.2) is 4.98 Å². The molecule has 0 aliphatic carbocycles. The van der Waals surface area contributed by atoms with Crippen LogP contribution in [0.5, 0.6) is 0 Å². The number of nitrogens with one attached hydrogen (secondary N) is 1. The molecule has 2 rings (SSSR count). The zero-order valence-corrected chi connectivity index (χ0v) is 10.9. The molecule has 0 fully saturated rings. The number of halogens is 1. The number of hydrogen-bond donors (Lipinski definition) is 1. The molecule has 0 saturated carbocycles. The van der Waals surface area contributed by atoms with Gasteiger partial charge < -0.3 is 5.32 Å². The fraction of sp³-hybridized carbons (Fsp3) is 0.182. The van der Waals surface area contributed by atoms with Crippen molar-refractivity contribution in [3.05, 3.63) is 39.3 Å². The van der Waals surface area contributed by atoms with Gasteiger partial charge in [-0.05, 0) is 47.0 Å². The van der Waals surface area contributed by atoms with Crippen molar-refractivity contribution < 1.29 is 0 Å². The Bertz CT molecular complexity index is 479. The molecular weight excluding hydrogens is 272 g/mol. The van der Waals surface area contributed by atoms with Crippen LogP contribution in [-0.2, 0) is 0 Å². The normalized spacial score (nSPS) is 10.3. The zero-order chi connectivity index (χ0) is 10.8. The Hall–Kier alpha value is -0.870. The van der Waals surface area contributed by atoms with Gasteiger partial charge in [0.05, 0.1) is 0 Å². The van der Waals surface area contributed by atoms with Crippen LogP contribution < -0.4 is 5.32 Å². The van der Waals surface area contributed by atoms with Crippen LogP contribution in [0.1, 0.15) is 11.1 Å². The molecule has 0 atom stereocenters. The van der Waals surface area contributed by atoms with Gasteiger partial charge in [0.2, 0.25) is 0 Å². The molecule has 1 aromatic heterocycles. The predicted octanol–water partition coefficient (Wildman–Crippen LogP) is 4.27. The molecule has 2 aromatic rings. The highest BCUT2D eigenvalue weighted by atomic mass is 79.9. The second kappa shape index (κ2) is 4.33. The summed E-state index contributed by atoms with van der Waals surface area (Å²) in [4.78, 5) is 4.30. The van der Waals surface area contributed by atoms with Gasteiger partial charge in [-0.2, -0.15) is 0 Å². The number of benzene rings is 1. The van der Waals surface area contributed by atoms with Gasteiger partial charge in [0.15, 0.2) is 5.13 Å². The van der Waals surface area contributed by atoms with Crippen LogP contribution in [0, 0.1) is 13.8 Å². The topological polar surface area (TPSA) is 24.9 Å². The SMILES string of the molecule is Cc1ccc(C)c(Nc2nc(Br)cs2)c1. The largest absolute Gasteiger partial charge is 0.331 e. The highest BCUT2D eigenvalue weighted by Crippen LogP contribution is 2.25. The lowest BCUT2D eigenvalue weighted by Gasteiger charge is -2.07. The molecule has 0 saturated heterocycles. The minimum absolute atomic E-state index is 0.875. The Morgan fingerprint density at radius 2 is 2.13 bits per heavy atom. The van der Waals surface area contributed by atoms with E-state index in [1.54, 1.807) is 11.3 Å². The molecular formula is C11H11BrN2S. The molecule has 1 aromatic carbocycles. The van der Waals surface area contributed by atoms with Crippen LogP contribution in [0.2, 0.25) is 0 Å². The fourth-order valence-corrected chi connectivity index (χ4v) is 2.45. The highest BCUT2D eigenvalue weighted by Gasteiger charge is 2.02. The predicted molar refractivity (Wildman–Crippen MR) is 69.0 cm³/mol. The van der Waals surface area contributed by atoms with Gasteiger partial charge in [0.25, 0.3) is 0 Å². The summed E-state index contributed by atoms with van der Waals surface area (Å²) in [5.74, 6) is 0. The van der Waals surface area contributed by atoms with Crippen LogP contribution >= 0.6 is 27.3 Å². The standard InChI is InChI=1S/C11H11BrN2S/c1-7-3-4-8(2)9(5-7)13-11-14-10(12)6-15-11/h3-6H,1-2H3,(H,13,14). The summed E-state index contributed by atoms with van der Waals surface area (Å²) < 4.78 is 0.875. The molecule has 4 heteroatoms. The number of aromatic nitrogens is 1. The Morgan fingerprint density at radius 1 is 1.33 bits per heavy atom. The maximum absolute atomic E-state index is 4.30. The van der Waals surface area contributed by atoms with E-state index in [1.165, 1.54) is 11.1 Å². The molecule has 2 nitrogen and oxygen atoms in total.